The van der Waals surface area contributed by atoms with Gasteiger partial charge in [0.15, 0.2) is 10.8 Å². The number of aliphatic carboxylic acids is 2. The third kappa shape index (κ3) is 7.48. The molecule has 4 heterocycles. The van der Waals surface area contributed by atoms with Crippen LogP contribution in [-0.2, 0) is 30.6 Å². The number of oxime groups is 1. The Labute approximate surface area is 267 Å². The minimum absolute atomic E-state index is 0. The van der Waals surface area contributed by atoms with Gasteiger partial charge >= 0.3 is 35.5 Å². The van der Waals surface area contributed by atoms with E-state index in [0.29, 0.717) is 13.0 Å². The number of nitrogens with one attached hydrogen (secondary N) is 1. The molecule has 2 aromatic heterocycles. The van der Waals surface area contributed by atoms with Crippen molar-refractivity contribution in [2.75, 3.05) is 30.3 Å². The molecule has 4 rings (SSSR count). The van der Waals surface area contributed by atoms with Crippen molar-refractivity contribution < 1.29 is 63.8 Å². The molecule has 6 N–H and O–H groups in total. The maximum absolute atomic E-state index is 13.2. The van der Waals surface area contributed by atoms with E-state index in [9.17, 15) is 24.3 Å². The van der Waals surface area contributed by atoms with Crippen LogP contribution in [-0.4, -0.2) is 107 Å². The zero-order valence-corrected chi connectivity index (χ0v) is 26.4. The van der Waals surface area contributed by atoms with Crippen molar-refractivity contribution in [1.82, 2.24) is 35.4 Å². The van der Waals surface area contributed by atoms with Crippen LogP contribution in [0.2, 0.25) is 0 Å². The first kappa shape index (κ1) is 33.0. The number of carboxylic acid groups (broad SMARTS) is 2. The average molecular weight is 637 g/mol. The van der Waals surface area contributed by atoms with Crippen LogP contribution in [0.1, 0.15) is 19.0 Å². The van der Waals surface area contributed by atoms with Crippen LogP contribution >= 0.6 is 34.9 Å². The molecule has 2 aliphatic rings. The summed E-state index contributed by atoms with van der Waals surface area (Å²) in [6.45, 7) is 1.43. The van der Waals surface area contributed by atoms with Crippen molar-refractivity contribution in [3.05, 3.63) is 11.1 Å². The Hall–Kier alpha value is -2.49. The van der Waals surface area contributed by atoms with E-state index < -0.39 is 47.1 Å². The Morgan fingerprint density at radius 3 is 2.83 bits per heavy atom. The van der Waals surface area contributed by atoms with E-state index in [4.69, 9.17) is 21.4 Å². The largest absolute Gasteiger partial charge is 1.00 e. The summed E-state index contributed by atoms with van der Waals surface area (Å²) in [7, 11) is 0. The number of nitrogens with zero attached hydrogens (tertiary/aromatic N) is 7. The molecule has 41 heavy (non-hydrogen) atoms. The number of nitrogens with two attached hydrogens (primary N) is 2. The summed E-state index contributed by atoms with van der Waals surface area (Å²) in [6, 6.07) is -0.935. The molecule has 0 spiro atoms. The number of thiazole rings is 1. The Morgan fingerprint density at radius 1 is 1.44 bits per heavy atom. The molecule has 21 heteroatoms. The molecule has 0 radical (unpaired) electrons. The molecule has 3 unspecified atom stereocenters. The number of amides is 2. The molecule has 2 saturated heterocycles. The predicted molar refractivity (Wildman–Crippen MR) is 141 cm³/mol. The van der Waals surface area contributed by atoms with E-state index in [2.05, 4.69) is 31.0 Å². The molecule has 2 aliphatic heterocycles. The SMILES string of the molecule is CC(CCN)ON=C(C(=O)NC1C(=O)N2CC(CSc3nnnn3CC(=O)O)(C(=O)[O-])CS[C@H]12)c1csc(N)n1.[Na+]. The number of rotatable bonds is 13. The van der Waals surface area contributed by atoms with Crippen molar-refractivity contribution >= 4 is 69.5 Å². The van der Waals surface area contributed by atoms with E-state index >= 15 is 0 Å². The van der Waals surface area contributed by atoms with E-state index in [1.807, 2.05) is 0 Å². The fourth-order valence-corrected chi connectivity index (χ4v) is 7.14. The second-order valence-electron chi connectivity index (χ2n) is 8.99. The molecule has 0 aliphatic carbocycles. The monoisotopic (exact) mass is 636 g/mol. The van der Waals surface area contributed by atoms with E-state index in [0.717, 1.165) is 27.8 Å². The van der Waals surface area contributed by atoms with Gasteiger partial charge in [-0.25, -0.2) is 9.67 Å². The number of carboxylic acids is 2. The molecule has 0 saturated carbocycles. The Balaban J connectivity index is 0.00000462. The summed E-state index contributed by atoms with van der Waals surface area (Å²) >= 11 is 3.23. The maximum Gasteiger partial charge on any atom is 1.00 e. The molecule has 17 nitrogen and oxygen atoms in total. The van der Waals surface area contributed by atoms with Gasteiger partial charge in [-0.15, -0.1) is 28.2 Å². The summed E-state index contributed by atoms with van der Waals surface area (Å²) in [5.74, 6) is -3.74. The summed E-state index contributed by atoms with van der Waals surface area (Å²) < 4.78 is 1.03. The number of nitrogen functional groups attached to an aromatic ring is 1. The number of carbonyl (C=O) groups is 4. The van der Waals surface area contributed by atoms with Crippen LogP contribution in [0.15, 0.2) is 15.7 Å². The molecule has 4 atom stereocenters. The molecule has 2 aromatic rings. The second kappa shape index (κ2) is 14.1. The number of carbonyl (C=O) groups excluding carboxylic acids is 3. The van der Waals surface area contributed by atoms with E-state index in [-0.39, 0.29) is 75.4 Å². The number of hydrogen-bond donors (Lipinski definition) is 4. The number of anilines is 1. The number of fused-ring (bicyclic) bond motifs is 1. The van der Waals surface area contributed by atoms with Gasteiger partial charge in [0.05, 0.1) is 5.97 Å². The van der Waals surface area contributed by atoms with Crippen molar-refractivity contribution in [1.29, 1.82) is 0 Å². The second-order valence-corrected chi connectivity index (χ2v) is 11.9. The van der Waals surface area contributed by atoms with Gasteiger partial charge in [-0.3, -0.25) is 14.4 Å². The van der Waals surface area contributed by atoms with Crippen LogP contribution in [0.25, 0.3) is 0 Å². The Morgan fingerprint density at radius 2 is 2.20 bits per heavy atom. The number of tetrazole rings is 1. The maximum atomic E-state index is 13.2. The summed E-state index contributed by atoms with van der Waals surface area (Å²) in [6.07, 6.45) is 0.127. The normalized spacial score (nSPS) is 22.6. The summed E-state index contributed by atoms with van der Waals surface area (Å²) in [4.78, 5) is 60.2. The molecule has 2 fully saturated rings. The first-order valence-corrected chi connectivity index (χ1v) is 14.7. The first-order chi connectivity index (χ1) is 19.0. The van der Waals surface area contributed by atoms with Crippen LogP contribution in [0.4, 0.5) is 5.13 Å². The predicted octanol–water partition coefficient (Wildman–Crippen LogP) is -5.81. The molecule has 2 amide bonds. The van der Waals surface area contributed by atoms with Crippen LogP contribution in [0.3, 0.4) is 0 Å². The molecular formula is C20H25N10NaO7S3. The van der Waals surface area contributed by atoms with Gasteiger partial charge < -0.3 is 41.5 Å². The minimum atomic E-state index is -1.46. The molecule has 0 bridgehead atoms. The quantitative estimate of drug-likeness (QED) is 0.0525. The van der Waals surface area contributed by atoms with Crippen LogP contribution in [0.5, 0.6) is 0 Å². The minimum Gasteiger partial charge on any atom is -0.549 e. The number of hydrogen-bond acceptors (Lipinski definition) is 16. The molecule has 216 valence electrons. The van der Waals surface area contributed by atoms with Crippen molar-refractivity contribution in [3.8, 4) is 0 Å². The van der Waals surface area contributed by atoms with Crippen LogP contribution < -0.4 is 51.4 Å². The Bertz CT molecular complexity index is 1330. The van der Waals surface area contributed by atoms with Gasteiger partial charge in [0.25, 0.3) is 5.91 Å². The molecular weight excluding hydrogens is 611 g/mol. The number of aromatic nitrogens is 5. The van der Waals surface area contributed by atoms with Gasteiger partial charge in [-0.2, -0.15) is 0 Å². The average Bonchev–Trinajstić information content (AvgIpc) is 3.54. The zero-order chi connectivity index (χ0) is 29.0. The van der Waals surface area contributed by atoms with Gasteiger partial charge in [-0.05, 0) is 30.3 Å². The van der Waals surface area contributed by atoms with Crippen LogP contribution in [0, 0.1) is 5.41 Å². The van der Waals surface area contributed by atoms with Gasteiger partial charge in [0, 0.05) is 28.8 Å². The fraction of sp³-hybridized carbons (Fsp3) is 0.550. The van der Waals surface area contributed by atoms with E-state index in [1.165, 1.54) is 22.0 Å². The molecule has 0 aromatic carbocycles. The van der Waals surface area contributed by atoms with Gasteiger partial charge in [-0.1, -0.05) is 16.9 Å². The topological polar surface area (TPSA) is 257 Å². The first-order valence-electron chi connectivity index (χ1n) is 11.7. The smallest absolute Gasteiger partial charge is 0.549 e. The number of β-lactam (4-membered cyclic amide) rings is 1. The van der Waals surface area contributed by atoms with Gasteiger partial charge in [0.2, 0.25) is 11.1 Å². The summed E-state index contributed by atoms with van der Waals surface area (Å²) in [5, 5.41) is 39.9. The van der Waals surface area contributed by atoms with Crippen molar-refractivity contribution in [2.24, 2.45) is 16.3 Å². The number of thioether (sulfide) groups is 2. The zero-order valence-electron chi connectivity index (χ0n) is 22.0. The third-order valence-electron chi connectivity index (χ3n) is 6.00. The van der Waals surface area contributed by atoms with Crippen molar-refractivity contribution in [3.63, 3.8) is 0 Å². The fourth-order valence-electron chi connectivity index (χ4n) is 3.87. The van der Waals surface area contributed by atoms with Crippen molar-refractivity contribution in [2.45, 2.75) is 42.6 Å². The standard InChI is InChI=1S/C20H26N10O7S3.Na/c1-9(2-3-21)37-26-12(10-5-38-18(22)23-10)14(33)24-13-15(34)29-6-20(17(35)36,7-39-16(13)29)8-40-19-25-27-28-30(19)4-11(31)32;/h5,9,13,16H,2-4,6-8,21H2,1H3,(H2,22,23)(H,24,33)(H,31,32)(H,35,36);/q;+1/p-1/t9?,13?,16-,20?;/m1./s1. The van der Waals surface area contributed by atoms with Gasteiger partial charge in [0.1, 0.15) is 29.8 Å². The summed E-state index contributed by atoms with van der Waals surface area (Å²) in [5.41, 5.74) is 9.79. The van der Waals surface area contributed by atoms with E-state index in [1.54, 1.807) is 6.92 Å². The third-order valence-corrected chi connectivity index (χ3v) is 9.51. The Kier molecular flexibility index (Phi) is 11.4.